The molecule has 0 radical (unpaired) electrons. The number of hydrogen-bond acceptors (Lipinski definition) is 9. The fourth-order valence-electron chi connectivity index (χ4n) is 3.34. The molecule has 1 saturated heterocycles. The van der Waals surface area contributed by atoms with Crippen molar-refractivity contribution in [3.8, 4) is 0 Å². The second-order valence-electron chi connectivity index (χ2n) is 7.63. The van der Waals surface area contributed by atoms with Crippen molar-refractivity contribution < 1.29 is 27.0 Å². The number of halogens is 1. The van der Waals surface area contributed by atoms with Crippen molar-refractivity contribution in [1.82, 2.24) is 19.6 Å². The molecule has 1 aliphatic rings. The molecule has 0 aromatic carbocycles. The van der Waals surface area contributed by atoms with Crippen molar-refractivity contribution >= 4 is 21.3 Å². The Hall–Kier alpha value is -1.89. The topological polar surface area (TPSA) is 131 Å². The minimum Gasteiger partial charge on any atom is -0.380 e. The smallest absolute Gasteiger partial charge is 0.267 e. The van der Waals surface area contributed by atoms with E-state index in [2.05, 4.69) is 22.0 Å². The third kappa shape index (κ3) is 5.30. The van der Waals surface area contributed by atoms with Gasteiger partial charge in [0.2, 0.25) is 9.84 Å². The summed E-state index contributed by atoms with van der Waals surface area (Å²) in [4.78, 5) is 7.92. The number of nitrogens with two attached hydrogens (primary N) is 1. The van der Waals surface area contributed by atoms with Crippen LogP contribution in [0.25, 0.3) is 5.65 Å². The van der Waals surface area contributed by atoms with Gasteiger partial charge in [-0.2, -0.15) is 4.98 Å². The number of anilines is 1. The third-order valence-corrected chi connectivity index (χ3v) is 5.88. The first-order valence-electron chi connectivity index (χ1n) is 10.5. The summed E-state index contributed by atoms with van der Waals surface area (Å²) < 4.78 is 57.9. The molecule has 0 aliphatic carbocycles. The number of hydrogen-bond donors (Lipinski definition) is 1. The van der Waals surface area contributed by atoms with Gasteiger partial charge in [-0.1, -0.05) is 26.7 Å². The number of aromatic nitrogens is 4. The van der Waals surface area contributed by atoms with E-state index in [0.29, 0.717) is 13.2 Å². The predicted octanol–water partition coefficient (Wildman–Crippen LogP) is 1.89. The van der Waals surface area contributed by atoms with E-state index in [0.717, 1.165) is 31.9 Å². The summed E-state index contributed by atoms with van der Waals surface area (Å²) >= 11 is 0. The highest BCUT2D eigenvalue weighted by molar-refractivity contribution is 7.90. The van der Waals surface area contributed by atoms with E-state index in [1.807, 2.05) is 6.92 Å². The Morgan fingerprint density at radius 3 is 2.65 bits per heavy atom. The van der Waals surface area contributed by atoms with Crippen LogP contribution in [0.15, 0.2) is 11.4 Å². The minimum absolute atomic E-state index is 0.120. The number of sulfone groups is 1. The molecule has 1 fully saturated rings. The average Bonchev–Trinajstić information content (AvgIpc) is 3.27. The summed E-state index contributed by atoms with van der Waals surface area (Å²) in [7, 11) is -3.73. The lowest BCUT2D eigenvalue weighted by Gasteiger charge is -2.20. The lowest BCUT2D eigenvalue weighted by Crippen LogP contribution is -2.34. The van der Waals surface area contributed by atoms with Crippen molar-refractivity contribution in [2.24, 2.45) is 0 Å². The van der Waals surface area contributed by atoms with E-state index < -0.39 is 39.5 Å². The molecule has 31 heavy (non-hydrogen) atoms. The molecule has 4 atom stereocenters. The van der Waals surface area contributed by atoms with E-state index in [1.165, 1.54) is 10.7 Å². The minimum atomic E-state index is -3.73. The first-order valence-corrected chi connectivity index (χ1v) is 12.4. The van der Waals surface area contributed by atoms with Crippen molar-refractivity contribution in [1.29, 1.82) is 0 Å². The number of rotatable bonds is 11. The standard InChI is InChI=1S/C19H30FN5O5S/c1-4-6-8-28-11-13-16(29-9-7-5-2)14(20)15(30-13)12-10-22-18-17(21)23-19(24-25(12)18)31(3,26)27/h10,13-16H,4-9,11H2,1-3H3,(H2,21,23,24)/t13-,14+,15+,16-/m1/s1. The van der Waals surface area contributed by atoms with E-state index in [9.17, 15) is 8.42 Å². The highest BCUT2D eigenvalue weighted by Gasteiger charge is 2.48. The number of nitrogens with zero attached hydrogens (tertiary/aromatic N) is 4. The van der Waals surface area contributed by atoms with Gasteiger partial charge in [-0.25, -0.2) is 22.3 Å². The normalized spacial score (nSPS) is 24.3. The zero-order valence-corrected chi connectivity index (χ0v) is 18.8. The molecule has 3 rings (SSSR count). The van der Waals surface area contributed by atoms with Gasteiger partial charge in [0.15, 0.2) is 17.6 Å². The van der Waals surface area contributed by atoms with Gasteiger partial charge in [0, 0.05) is 19.5 Å². The monoisotopic (exact) mass is 459 g/mol. The molecule has 0 bridgehead atoms. The summed E-state index contributed by atoms with van der Waals surface area (Å²) in [6, 6.07) is 0. The quantitative estimate of drug-likeness (QED) is 0.500. The summed E-state index contributed by atoms with van der Waals surface area (Å²) in [6.45, 7) is 5.23. The van der Waals surface area contributed by atoms with Gasteiger partial charge in [-0.15, -0.1) is 5.10 Å². The zero-order chi connectivity index (χ0) is 22.6. The molecule has 0 spiro atoms. The Morgan fingerprint density at radius 1 is 1.26 bits per heavy atom. The van der Waals surface area contributed by atoms with Crippen molar-refractivity contribution in [2.75, 3.05) is 31.8 Å². The van der Waals surface area contributed by atoms with Crippen molar-refractivity contribution in [3.63, 3.8) is 0 Å². The van der Waals surface area contributed by atoms with Crippen LogP contribution in [0.2, 0.25) is 0 Å². The average molecular weight is 460 g/mol. The van der Waals surface area contributed by atoms with Gasteiger partial charge >= 0.3 is 0 Å². The highest BCUT2D eigenvalue weighted by atomic mass is 32.2. The molecule has 0 saturated carbocycles. The Bertz CT molecular complexity index is 985. The second-order valence-corrected chi connectivity index (χ2v) is 9.54. The Morgan fingerprint density at radius 2 is 1.97 bits per heavy atom. The Kier molecular flexibility index (Phi) is 7.78. The fourth-order valence-corrected chi connectivity index (χ4v) is 3.84. The number of nitrogen functional groups attached to an aromatic ring is 1. The van der Waals surface area contributed by atoms with E-state index in [1.54, 1.807) is 0 Å². The summed E-state index contributed by atoms with van der Waals surface area (Å²) in [5, 5.41) is 3.54. The van der Waals surface area contributed by atoms with Gasteiger partial charge < -0.3 is 19.9 Å². The van der Waals surface area contributed by atoms with E-state index >= 15 is 4.39 Å². The van der Waals surface area contributed by atoms with Crippen LogP contribution in [0.1, 0.15) is 51.3 Å². The zero-order valence-electron chi connectivity index (χ0n) is 18.0. The maximum absolute atomic E-state index is 15.5. The highest BCUT2D eigenvalue weighted by Crippen LogP contribution is 2.38. The second kappa shape index (κ2) is 10.2. The van der Waals surface area contributed by atoms with Crippen molar-refractivity contribution in [3.05, 3.63) is 11.9 Å². The molecular weight excluding hydrogens is 429 g/mol. The first kappa shape index (κ1) is 23.8. The molecule has 1 aliphatic heterocycles. The molecule has 3 heterocycles. The molecule has 12 heteroatoms. The molecule has 2 N–H and O–H groups in total. The lowest BCUT2D eigenvalue weighted by molar-refractivity contribution is -0.0673. The van der Waals surface area contributed by atoms with Gasteiger partial charge in [0.05, 0.1) is 18.5 Å². The van der Waals surface area contributed by atoms with Crippen LogP contribution < -0.4 is 5.73 Å². The van der Waals surface area contributed by atoms with E-state index in [-0.39, 0.29) is 23.8 Å². The lowest BCUT2D eigenvalue weighted by atomic mass is 10.1. The molecule has 0 unspecified atom stereocenters. The maximum atomic E-state index is 15.5. The van der Waals surface area contributed by atoms with Gasteiger partial charge in [-0.05, 0) is 12.8 Å². The maximum Gasteiger partial charge on any atom is 0.267 e. The number of unbranched alkanes of at least 4 members (excludes halogenated alkanes) is 2. The van der Waals surface area contributed by atoms with Crippen LogP contribution in [0.4, 0.5) is 10.2 Å². The molecular formula is C19H30FN5O5S. The fraction of sp³-hybridized carbons (Fsp3) is 0.737. The predicted molar refractivity (Wildman–Crippen MR) is 111 cm³/mol. The largest absolute Gasteiger partial charge is 0.380 e. The summed E-state index contributed by atoms with van der Waals surface area (Å²) in [5.74, 6) is -0.120. The molecule has 2 aromatic heterocycles. The summed E-state index contributed by atoms with van der Waals surface area (Å²) in [6.07, 6.45) is 1.92. The third-order valence-electron chi connectivity index (χ3n) is 5.04. The van der Waals surface area contributed by atoms with Crippen LogP contribution in [-0.2, 0) is 24.0 Å². The molecule has 174 valence electrons. The van der Waals surface area contributed by atoms with Crippen LogP contribution in [0.3, 0.4) is 0 Å². The van der Waals surface area contributed by atoms with Crippen LogP contribution in [-0.4, -0.2) is 72.5 Å². The van der Waals surface area contributed by atoms with Gasteiger partial charge in [-0.3, -0.25) is 0 Å². The van der Waals surface area contributed by atoms with E-state index in [4.69, 9.17) is 19.9 Å². The molecule has 2 aromatic rings. The molecule has 10 nitrogen and oxygen atoms in total. The van der Waals surface area contributed by atoms with Gasteiger partial charge in [0.1, 0.15) is 18.3 Å². The van der Waals surface area contributed by atoms with Gasteiger partial charge in [0.25, 0.3) is 5.16 Å². The Balaban J connectivity index is 1.90. The number of imidazole rings is 1. The number of ether oxygens (including phenoxy) is 3. The van der Waals surface area contributed by atoms with Crippen LogP contribution in [0.5, 0.6) is 0 Å². The number of fused-ring (bicyclic) bond motifs is 1. The van der Waals surface area contributed by atoms with Crippen LogP contribution >= 0.6 is 0 Å². The van der Waals surface area contributed by atoms with Crippen molar-refractivity contribution in [2.45, 2.75) is 69.2 Å². The summed E-state index contributed by atoms with van der Waals surface area (Å²) in [5.41, 5.74) is 6.22. The number of alkyl halides is 1. The van der Waals surface area contributed by atoms with Crippen LogP contribution in [0, 0.1) is 0 Å². The first-order chi connectivity index (χ1) is 14.8. The SMILES string of the molecule is CCCCOC[C@H]1O[C@@H](c2cnc3c(N)nc(S(C)(=O)=O)nn23)[C@H](F)[C@@H]1OCCCC. The molecule has 0 amide bonds. The Labute approximate surface area is 181 Å².